The normalized spacial score (nSPS) is 12.4. The van der Waals surface area contributed by atoms with Gasteiger partial charge in [-0.2, -0.15) is 0 Å². The van der Waals surface area contributed by atoms with Crippen LogP contribution in [0.3, 0.4) is 0 Å². The molecule has 0 bridgehead atoms. The smallest absolute Gasteiger partial charge is 0.137 e. The topological polar surface area (TPSA) is 12.0 Å². The van der Waals surface area contributed by atoms with Crippen LogP contribution in [0.15, 0.2) is 51.4 Å². The van der Waals surface area contributed by atoms with E-state index in [-0.39, 0.29) is 5.82 Å². The van der Waals surface area contributed by atoms with Crippen molar-refractivity contribution in [1.82, 2.24) is 5.32 Å². The zero-order chi connectivity index (χ0) is 15.2. The van der Waals surface area contributed by atoms with Gasteiger partial charge in [0.05, 0.1) is 4.47 Å². The van der Waals surface area contributed by atoms with Crippen molar-refractivity contribution in [3.05, 3.63) is 68.4 Å². The third-order valence-corrected chi connectivity index (χ3v) is 5.09. The maximum absolute atomic E-state index is 13.7. The van der Waals surface area contributed by atoms with Gasteiger partial charge < -0.3 is 5.32 Å². The summed E-state index contributed by atoms with van der Waals surface area (Å²) in [5.41, 5.74) is 2.24. The second kappa shape index (κ2) is 8.06. The van der Waals surface area contributed by atoms with Crippen LogP contribution in [0.2, 0.25) is 0 Å². The average molecular weight is 415 g/mol. The Morgan fingerprint density at radius 1 is 1.10 bits per heavy atom. The number of halogens is 3. The van der Waals surface area contributed by atoms with E-state index in [2.05, 4.69) is 56.2 Å². The van der Waals surface area contributed by atoms with E-state index in [4.69, 9.17) is 0 Å². The van der Waals surface area contributed by atoms with Gasteiger partial charge in [0.25, 0.3) is 0 Å². The molecule has 2 rings (SSSR count). The van der Waals surface area contributed by atoms with Crippen molar-refractivity contribution >= 4 is 31.9 Å². The van der Waals surface area contributed by atoms with Crippen LogP contribution in [-0.4, -0.2) is 13.1 Å². The Kier molecular flexibility index (Phi) is 6.40. The van der Waals surface area contributed by atoms with E-state index >= 15 is 0 Å². The Morgan fingerprint density at radius 2 is 1.86 bits per heavy atom. The molecule has 0 spiro atoms. The summed E-state index contributed by atoms with van der Waals surface area (Å²) in [6.45, 7) is 3.88. The van der Waals surface area contributed by atoms with Crippen LogP contribution in [0, 0.1) is 5.82 Å². The first kappa shape index (κ1) is 16.7. The van der Waals surface area contributed by atoms with Gasteiger partial charge in [-0.15, -0.1) is 0 Å². The van der Waals surface area contributed by atoms with Gasteiger partial charge in [-0.05, 0) is 52.2 Å². The van der Waals surface area contributed by atoms with E-state index in [0.717, 1.165) is 29.5 Å². The van der Waals surface area contributed by atoms with Gasteiger partial charge in [0.2, 0.25) is 0 Å². The predicted molar refractivity (Wildman–Crippen MR) is 93.2 cm³/mol. The fourth-order valence-corrected chi connectivity index (χ4v) is 3.42. The van der Waals surface area contributed by atoms with Crippen LogP contribution in [-0.2, 0) is 6.42 Å². The minimum Gasteiger partial charge on any atom is -0.316 e. The summed E-state index contributed by atoms with van der Waals surface area (Å²) in [4.78, 5) is 0. The second-order valence-corrected chi connectivity index (χ2v) is 6.59. The minimum absolute atomic E-state index is 0.207. The molecule has 21 heavy (non-hydrogen) atoms. The Hall–Kier alpha value is -0.710. The Morgan fingerprint density at radius 3 is 2.57 bits per heavy atom. The van der Waals surface area contributed by atoms with Crippen molar-refractivity contribution in [3.63, 3.8) is 0 Å². The van der Waals surface area contributed by atoms with Crippen molar-refractivity contribution in [3.8, 4) is 0 Å². The molecule has 0 radical (unpaired) electrons. The highest BCUT2D eigenvalue weighted by atomic mass is 79.9. The Balaban J connectivity index is 2.28. The lowest BCUT2D eigenvalue weighted by Gasteiger charge is -2.20. The molecule has 0 saturated carbocycles. The van der Waals surface area contributed by atoms with Crippen molar-refractivity contribution in [2.24, 2.45) is 0 Å². The van der Waals surface area contributed by atoms with E-state index in [1.54, 1.807) is 6.07 Å². The fraction of sp³-hybridized carbons (Fsp3) is 0.294. The van der Waals surface area contributed by atoms with Crippen LogP contribution in [0.1, 0.15) is 24.0 Å². The molecule has 0 aliphatic carbocycles. The molecule has 2 aromatic carbocycles. The quantitative estimate of drug-likeness (QED) is 0.677. The summed E-state index contributed by atoms with van der Waals surface area (Å²) in [6, 6.07) is 13.4. The number of benzene rings is 2. The van der Waals surface area contributed by atoms with Crippen molar-refractivity contribution in [2.75, 3.05) is 13.1 Å². The molecular weight excluding hydrogens is 397 g/mol. The van der Waals surface area contributed by atoms with Crippen LogP contribution in [0.5, 0.6) is 0 Å². The third kappa shape index (κ3) is 4.38. The van der Waals surface area contributed by atoms with Gasteiger partial charge in [0.1, 0.15) is 5.82 Å². The van der Waals surface area contributed by atoms with E-state index in [9.17, 15) is 4.39 Å². The van der Waals surface area contributed by atoms with Crippen molar-refractivity contribution in [2.45, 2.75) is 19.3 Å². The molecule has 0 heterocycles. The molecule has 0 aliphatic rings. The summed E-state index contributed by atoms with van der Waals surface area (Å²) in [5.74, 6) is 0.0838. The average Bonchev–Trinajstić information content (AvgIpc) is 2.48. The predicted octanol–water partition coefficient (Wildman–Crippen LogP) is 5.29. The summed E-state index contributed by atoms with van der Waals surface area (Å²) in [5, 5.41) is 3.40. The molecule has 0 aliphatic heterocycles. The molecule has 1 nitrogen and oxygen atoms in total. The summed E-state index contributed by atoms with van der Waals surface area (Å²) in [6.07, 6.45) is 0.786. The maximum Gasteiger partial charge on any atom is 0.137 e. The first-order valence-electron chi connectivity index (χ1n) is 7.01. The van der Waals surface area contributed by atoms with Crippen molar-refractivity contribution in [1.29, 1.82) is 0 Å². The molecule has 0 saturated heterocycles. The van der Waals surface area contributed by atoms with Gasteiger partial charge >= 0.3 is 0 Å². The van der Waals surface area contributed by atoms with Gasteiger partial charge in [0, 0.05) is 16.9 Å². The van der Waals surface area contributed by atoms with Crippen LogP contribution in [0.4, 0.5) is 4.39 Å². The molecule has 112 valence electrons. The summed E-state index contributed by atoms with van der Waals surface area (Å²) in [7, 11) is 0. The van der Waals surface area contributed by atoms with Crippen molar-refractivity contribution < 1.29 is 4.39 Å². The zero-order valence-electron chi connectivity index (χ0n) is 11.9. The molecule has 2 aromatic rings. The molecule has 4 heteroatoms. The summed E-state index contributed by atoms with van der Waals surface area (Å²) >= 11 is 6.98. The zero-order valence-corrected chi connectivity index (χ0v) is 15.0. The number of nitrogens with one attached hydrogen (secondary N) is 1. The molecule has 0 aromatic heterocycles. The van der Waals surface area contributed by atoms with Gasteiger partial charge in [-0.25, -0.2) is 4.39 Å². The Labute approximate surface area is 142 Å². The molecule has 0 fully saturated rings. The van der Waals surface area contributed by atoms with Gasteiger partial charge in [-0.1, -0.05) is 53.2 Å². The molecule has 1 N–H and O–H groups in total. The van der Waals surface area contributed by atoms with E-state index in [1.165, 1.54) is 11.6 Å². The monoisotopic (exact) mass is 413 g/mol. The number of hydrogen-bond donors (Lipinski definition) is 1. The highest BCUT2D eigenvalue weighted by Crippen LogP contribution is 2.30. The number of rotatable bonds is 6. The molecule has 1 unspecified atom stereocenters. The first-order chi connectivity index (χ1) is 10.1. The highest BCUT2D eigenvalue weighted by molar-refractivity contribution is 9.10. The number of hydrogen-bond acceptors (Lipinski definition) is 1. The Bertz CT molecular complexity index is 601. The summed E-state index contributed by atoms with van der Waals surface area (Å²) < 4.78 is 15.4. The third-order valence-electron chi connectivity index (χ3n) is 3.48. The molecule has 0 amide bonds. The van der Waals surface area contributed by atoms with Crippen LogP contribution >= 0.6 is 31.9 Å². The van der Waals surface area contributed by atoms with Gasteiger partial charge in [-0.3, -0.25) is 0 Å². The standard InChI is InChI=1S/C17H18Br2FN/c1-2-21-11-13(14-7-3-4-8-15(14)18)10-12-6-5-9-16(20)17(12)19/h3-9,13,21H,2,10-11H2,1H3. The van der Waals surface area contributed by atoms with E-state index < -0.39 is 0 Å². The van der Waals surface area contributed by atoms with E-state index in [1.807, 2.05) is 18.2 Å². The largest absolute Gasteiger partial charge is 0.316 e. The maximum atomic E-state index is 13.7. The van der Waals surface area contributed by atoms with Crippen LogP contribution < -0.4 is 5.32 Å². The first-order valence-corrected chi connectivity index (χ1v) is 8.60. The highest BCUT2D eigenvalue weighted by Gasteiger charge is 2.17. The lowest BCUT2D eigenvalue weighted by molar-refractivity contribution is 0.583. The molecular formula is C17H18Br2FN. The van der Waals surface area contributed by atoms with Crippen LogP contribution in [0.25, 0.3) is 0 Å². The fourth-order valence-electron chi connectivity index (χ4n) is 2.39. The SMILES string of the molecule is CCNCC(Cc1cccc(F)c1Br)c1ccccc1Br. The molecule has 1 atom stereocenters. The lowest BCUT2D eigenvalue weighted by Crippen LogP contribution is -2.23. The second-order valence-electron chi connectivity index (χ2n) is 4.94. The lowest BCUT2D eigenvalue weighted by atomic mass is 9.92. The minimum atomic E-state index is -0.207. The number of likely N-dealkylation sites (N-methyl/N-ethyl adjacent to an activating group) is 1. The van der Waals surface area contributed by atoms with Gasteiger partial charge in [0.15, 0.2) is 0 Å². The van der Waals surface area contributed by atoms with E-state index in [0.29, 0.717) is 10.4 Å².